The molecule has 1 aromatic rings. The van der Waals surface area contributed by atoms with E-state index in [0.29, 0.717) is 5.92 Å². The van der Waals surface area contributed by atoms with Gasteiger partial charge in [-0.2, -0.15) is 0 Å². The minimum Gasteiger partial charge on any atom is -0.497 e. The van der Waals surface area contributed by atoms with E-state index in [2.05, 4.69) is 39.9 Å². The van der Waals surface area contributed by atoms with Crippen molar-refractivity contribution in [2.75, 3.05) is 39.8 Å². The van der Waals surface area contributed by atoms with Crippen LogP contribution >= 0.6 is 15.9 Å². The number of carbonyl (C=O) groups is 1. The standard InChI is InChI=1S/C20H29BrN2O3/c1-3-8-23-14-18(26-20(23)24)13-22-9-6-15(7-10-22)11-16-12-17(25-2)4-5-19(16)21/h4-5,12,15,18H,3,6-11,13-14H2,1-2H3. The quantitative estimate of drug-likeness (QED) is 0.664. The Labute approximate surface area is 164 Å². The second-order valence-corrected chi connectivity index (χ2v) is 8.21. The highest BCUT2D eigenvalue weighted by Crippen LogP contribution is 2.29. The first-order valence-electron chi connectivity index (χ1n) is 9.59. The van der Waals surface area contributed by atoms with Crippen LogP contribution < -0.4 is 4.74 Å². The second kappa shape index (κ2) is 9.09. The fourth-order valence-electron chi connectivity index (χ4n) is 3.93. The first-order valence-corrected chi connectivity index (χ1v) is 10.4. The van der Waals surface area contributed by atoms with Gasteiger partial charge in [-0.25, -0.2) is 4.79 Å². The molecule has 0 N–H and O–H groups in total. The van der Waals surface area contributed by atoms with Crippen molar-refractivity contribution in [3.63, 3.8) is 0 Å². The molecule has 0 spiro atoms. The Morgan fingerprint density at radius 1 is 1.31 bits per heavy atom. The molecule has 6 heteroatoms. The number of benzene rings is 1. The lowest BCUT2D eigenvalue weighted by molar-refractivity contribution is 0.0904. The summed E-state index contributed by atoms with van der Waals surface area (Å²) in [6, 6.07) is 6.19. The van der Waals surface area contributed by atoms with Gasteiger partial charge in [-0.3, -0.25) is 4.90 Å². The number of likely N-dealkylation sites (tertiary alicyclic amines) is 1. The molecule has 2 fully saturated rings. The monoisotopic (exact) mass is 424 g/mol. The van der Waals surface area contributed by atoms with Crippen molar-refractivity contribution in [2.45, 2.75) is 38.7 Å². The molecule has 0 aliphatic carbocycles. The number of nitrogens with zero attached hydrogens (tertiary/aromatic N) is 2. The van der Waals surface area contributed by atoms with Crippen molar-refractivity contribution >= 4 is 22.0 Å². The number of ether oxygens (including phenoxy) is 2. The molecule has 2 saturated heterocycles. The Hall–Kier alpha value is -1.27. The Morgan fingerprint density at radius 2 is 2.08 bits per heavy atom. The van der Waals surface area contributed by atoms with E-state index in [1.54, 1.807) is 7.11 Å². The smallest absolute Gasteiger partial charge is 0.410 e. The van der Waals surface area contributed by atoms with Gasteiger partial charge in [0.25, 0.3) is 0 Å². The van der Waals surface area contributed by atoms with Crippen molar-refractivity contribution in [3.8, 4) is 5.75 Å². The first kappa shape index (κ1) is 19.5. The highest BCUT2D eigenvalue weighted by molar-refractivity contribution is 9.10. The van der Waals surface area contributed by atoms with Gasteiger partial charge in [-0.05, 0) is 68.5 Å². The van der Waals surface area contributed by atoms with Crippen LogP contribution in [0.15, 0.2) is 22.7 Å². The minimum absolute atomic E-state index is 0.0260. The number of cyclic esters (lactones) is 1. The predicted molar refractivity (Wildman–Crippen MR) is 106 cm³/mol. The molecular weight excluding hydrogens is 396 g/mol. The number of methoxy groups -OCH3 is 1. The molecule has 1 unspecified atom stereocenters. The highest BCUT2D eigenvalue weighted by Gasteiger charge is 2.32. The van der Waals surface area contributed by atoms with Gasteiger partial charge in [-0.1, -0.05) is 22.9 Å². The van der Waals surface area contributed by atoms with Crippen LogP contribution in [0.3, 0.4) is 0 Å². The Balaban J connectivity index is 1.45. The average molecular weight is 425 g/mol. The van der Waals surface area contributed by atoms with Crippen molar-refractivity contribution in [1.82, 2.24) is 9.80 Å². The molecular formula is C20H29BrN2O3. The van der Waals surface area contributed by atoms with Crippen LogP contribution in [-0.4, -0.2) is 61.8 Å². The summed E-state index contributed by atoms with van der Waals surface area (Å²) in [7, 11) is 1.71. The summed E-state index contributed by atoms with van der Waals surface area (Å²) in [5.41, 5.74) is 1.32. The average Bonchev–Trinajstić information content (AvgIpc) is 2.98. The van der Waals surface area contributed by atoms with Gasteiger partial charge in [-0.15, -0.1) is 0 Å². The Kier molecular flexibility index (Phi) is 6.81. The normalized spacial score (nSPS) is 21.9. The zero-order valence-corrected chi connectivity index (χ0v) is 17.3. The van der Waals surface area contributed by atoms with Crippen molar-refractivity contribution < 1.29 is 14.3 Å². The third kappa shape index (κ3) is 4.92. The predicted octanol–water partition coefficient (Wildman–Crippen LogP) is 3.94. The molecule has 0 radical (unpaired) electrons. The van der Waals surface area contributed by atoms with Crippen LogP contribution in [0.1, 0.15) is 31.7 Å². The number of hydrogen-bond acceptors (Lipinski definition) is 4. The molecule has 0 aromatic heterocycles. The molecule has 3 rings (SSSR count). The van der Waals surface area contributed by atoms with E-state index in [-0.39, 0.29) is 12.2 Å². The highest BCUT2D eigenvalue weighted by atomic mass is 79.9. The van der Waals surface area contributed by atoms with Crippen LogP contribution in [0.4, 0.5) is 4.79 Å². The SMILES string of the molecule is CCCN1CC(CN2CCC(Cc3cc(OC)ccc3Br)CC2)OC1=O. The van der Waals surface area contributed by atoms with E-state index in [1.165, 1.54) is 18.4 Å². The molecule has 2 aliphatic rings. The molecule has 2 aliphatic heterocycles. The van der Waals surface area contributed by atoms with Crippen LogP contribution in [0.5, 0.6) is 5.75 Å². The summed E-state index contributed by atoms with van der Waals surface area (Å²) in [6.45, 7) is 6.64. The maximum absolute atomic E-state index is 11.8. The number of amides is 1. The van der Waals surface area contributed by atoms with Crippen LogP contribution in [0.2, 0.25) is 0 Å². The fraction of sp³-hybridized carbons (Fsp3) is 0.650. The van der Waals surface area contributed by atoms with Gasteiger partial charge in [0.05, 0.1) is 13.7 Å². The molecule has 0 saturated carbocycles. The van der Waals surface area contributed by atoms with Gasteiger partial charge < -0.3 is 14.4 Å². The Bertz CT molecular complexity index is 617. The van der Waals surface area contributed by atoms with E-state index in [1.807, 2.05) is 11.0 Å². The van der Waals surface area contributed by atoms with E-state index in [9.17, 15) is 4.79 Å². The van der Waals surface area contributed by atoms with Gasteiger partial charge in [0.1, 0.15) is 11.9 Å². The summed E-state index contributed by atoms with van der Waals surface area (Å²) < 4.78 is 12.0. The maximum atomic E-state index is 11.8. The van der Waals surface area contributed by atoms with Crippen molar-refractivity contribution in [1.29, 1.82) is 0 Å². The zero-order valence-electron chi connectivity index (χ0n) is 15.7. The first-order chi connectivity index (χ1) is 12.6. The largest absolute Gasteiger partial charge is 0.497 e. The number of carbonyl (C=O) groups excluding carboxylic acids is 1. The van der Waals surface area contributed by atoms with E-state index in [4.69, 9.17) is 9.47 Å². The molecule has 2 heterocycles. The Morgan fingerprint density at radius 3 is 2.77 bits per heavy atom. The lowest BCUT2D eigenvalue weighted by Crippen LogP contribution is -2.40. The molecule has 1 atom stereocenters. The lowest BCUT2D eigenvalue weighted by atomic mass is 9.90. The molecule has 1 amide bonds. The van der Waals surface area contributed by atoms with E-state index >= 15 is 0 Å². The van der Waals surface area contributed by atoms with Crippen LogP contribution in [-0.2, 0) is 11.2 Å². The van der Waals surface area contributed by atoms with Gasteiger partial charge in [0.2, 0.25) is 0 Å². The number of piperidine rings is 1. The molecule has 0 bridgehead atoms. The lowest BCUT2D eigenvalue weighted by Gasteiger charge is -2.33. The van der Waals surface area contributed by atoms with E-state index < -0.39 is 0 Å². The van der Waals surface area contributed by atoms with Crippen LogP contribution in [0.25, 0.3) is 0 Å². The summed E-state index contributed by atoms with van der Waals surface area (Å²) in [4.78, 5) is 16.1. The van der Waals surface area contributed by atoms with Crippen molar-refractivity contribution in [3.05, 3.63) is 28.2 Å². The molecule has 26 heavy (non-hydrogen) atoms. The van der Waals surface area contributed by atoms with E-state index in [0.717, 1.165) is 55.8 Å². The molecule has 144 valence electrons. The fourth-order valence-corrected chi connectivity index (χ4v) is 4.34. The van der Waals surface area contributed by atoms with Gasteiger partial charge in [0.15, 0.2) is 0 Å². The van der Waals surface area contributed by atoms with Gasteiger partial charge in [0, 0.05) is 17.6 Å². The number of halogens is 1. The zero-order chi connectivity index (χ0) is 18.5. The summed E-state index contributed by atoms with van der Waals surface area (Å²) in [5.74, 6) is 1.61. The third-order valence-corrected chi connectivity index (χ3v) is 6.15. The summed E-state index contributed by atoms with van der Waals surface area (Å²) >= 11 is 3.66. The van der Waals surface area contributed by atoms with Gasteiger partial charge >= 0.3 is 6.09 Å². The topological polar surface area (TPSA) is 42.0 Å². The third-order valence-electron chi connectivity index (χ3n) is 5.37. The molecule has 1 aromatic carbocycles. The number of rotatable bonds is 7. The van der Waals surface area contributed by atoms with Crippen molar-refractivity contribution in [2.24, 2.45) is 5.92 Å². The summed E-state index contributed by atoms with van der Waals surface area (Å²) in [6.07, 6.45) is 4.31. The molecule has 5 nitrogen and oxygen atoms in total. The summed E-state index contributed by atoms with van der Waals surface area (Å²) in [5, 5.41) is 0. The second-order valence-electron chi connectivity index (χ2n) is 7.36. The number of hydrogen-bond donors (Lipinski definition) is 0. The minimum atomic E-state index is -0.144. The van der Waals surface area contributed by atoms with Crippen LogP contribution in [0, 0.1) is 5.92 Å². The maximum Gasteiger partial charge on any atom is 0.410 e.